The smallest absolute Gasteiger partial charge is 0.416 e. The summed E-state index contributed by atoms with van der Waals surface area (Å²) in [4.78, 5) is 17.4. The van der Waals surface area contributed by atoms with E-state index in [0.717, 1.165) is 36.3 Å². The number of anilines is 1. The number of ether oxygens (including phenoxy) is 2. The molecule has 6 nitrogen and oxygen atoms in total. The van der Waals surface area contributed by atoms with Gasteiger partial charge < -0.3 is 9.47 Å². The number of benzene rings is 2. The van der Waals surface area contributed by atoms with Gasteiger partial charge in [-0.15, -0.1) is 11.3 Å². The Morgan fingerprint density at radius 1 is 1.22 bits per heavy atom. The molecule has 0 aliphatic heterocycles. The zero-order valence-corrected chi connectivity index (χ0v) is 20.5. The summed E-state index contributed by atoms with van der Waals surface area (Å²) in [5.41, 5.74) is 0.177. The van der Waals surface area contributed by atoms with Crippen molar-refractivity contribution in [1.82, 2.24) is 4.98 Å². The van der Waals surface area contributed by atoms with Crippen LogP contribution in [-0.2, 0) is 17.4 Å². The Bertz CT molecular complexity index is 1280. The molecular weight excluding hydrogens is 491 g/mol. The lowest BCUT2D eigenvalue weighted by atomic mass is 10.1. The second kappa shape index (κ2) is 12.2. The largest absolute Gasteiger partial charge is 0.493 e. The fourth-order valence-electron chi connectivity index (χ4n) is 3.21. The number of nitriles is 1. The van der Waals surface area contributed by atoms with Gasteiger partial charge in [0.15, 0.2) is 16.6 Å². The first-order chi connectivity index (χ1) is 17.2. The molecule has 10 heteroatoms. The second-order valence-corrected chi connectivity index (χ2v) is 8.86. The molecule has 0 aliphatic rings. The van der Waals surface area contributed by atoms with Gasteiger partial charge in [-0.25, -0.2) is 4.98 Å². The van der Waals surface area contributed by atoms with Gasteiger partial charge in [0, 0.05) is 17.5 Å². The van der Waals surface area contributed by atoms with E-state index in [1.165, 1.54) is 25.4 Å². The predicted molar refractivity (Wildman–Crippen MR) is 132 cm³/mol. The fraction of sp³-hybridized carbons (Fsp3) is 0.269. The average Bonchev–Trinajstić information content (AvgIpc) is 3.29. The molecule has 1 amide bonds. The average molecular weight is 516 g/mol. The van der Waals surface area contributed by atoms with Crippen LogP contribution in [0.1, 0.15) is 41.3 Å². The molecule has 0 saturated carbocycles. The molecule has 0 fully saturated rings. The number of carbonyl (C=O) groups is 1. The Hall–Kier alpha value is -3.84. The molecule has 1 aromatic heterocycles. The van der Waals surface area contributed by atoms with Crippen LogP contribution in [0.4, 0.5) is 18.3 Å². The lowest BCUT2D eigenvalue weighted by Crippen LogP contribution is -2.13. The first-order valence-electron chi connectivity index (χ1n) is 11.1. The van der Waals surface area contributed by atoms with E-state index in [0.29, 0.717) is 34.1 Å². The van der Waals surface area contributed by atoms with Crippen LogP contribution in [0.3, 0.4) is 0 Å². The molecule has 188 valence electrons. The van der Waals surface area contributed by atoms with Crippen molar-refractivity contribution in [3.63, 3.8) is 0 Å². The fourth-order valence-corrected chi connectivity index (χ4v) is 4.05. The maximum atomic E-state index is 12.9. The minimum absolute atomic E-state index is 0.147. The van der Waals surface area contributed by atoms with Crippen molar-refractivity contribution in [2.24, 2.45) is 0 Å². The number of carbonyl (C=O) groups excluding carboxylic acids is 1. The number of methoxy groups -OCH3 is 1. The molecule has 36 heavy (non-hydrogen) atoms. The maximum Gasteiger partial charge on any atom is 0.416 e. The number of amides is 1. The highest BCUT2D eigenvalue weighted by Crippen LogP contribution is 2.31. The Labute approximate surface area is 211 Å². The van der Waals surface area contributed by atoms with Gasteiger partial charge in [0.05, 0.1) is 19.3 Å². The normalized spacial score (nSPS) is 11.6. The van der Waals surface area contributed by atoms with Gasteiger partial charge in [0.2, 0.25) is 0 Å². The number of nitrogens with zero attached hydrogens (tertiary/aromatic N) is 2. The number of halogens is 3. The van der Waals surface area contributed by atoms with Crippen molar-refractivity contribution >= 4 is 28.5 Å². The van der Waals surface area contributed by atoms with Crippen LogP contribution in [0.25, 0.3) is 6.08 Å². The summed E-state index contributed by atoms with van der Waals surface area (Å²) in [5, 5.41) is 12.3. The van der Waals surface area contributed by atoms with Gasteiger partial charge in [-0.2, -0.15) is 18.4 Å². The summed E-state index contributed by atoms with van der Waals surface area (Å²) in [6.45, 7) is 2.61. The van der Waals surface area contributed by atoms with Gasteiger partial charge in [-0.05, 0) is 41.8 Å². The third-order valence-electron chi connectivity index (χ3n) is 5.03. The first kappa shape index (κ1) is 26.8. The van der Waals surface area contributed by atoms with Gasteiger partial charge in [-0.1, -0.05) is 37.6 Å². The number of nitrogens with one attached hydrogen (secondary N) is 1. The van der Waals surface area contributed by atoms with Crippen molar-refractivity contribution in [2.75, 3.05) is 19.0 Å². The van der Waals surface area contributed by atoms with Crippen LogP contribution in [0.5, 0.6) is 11.5 Å². The van der Waals surface area contributed by atoms with E-state index in [9.17, 15) is 23.2 Å². The van der Waals surface area contributed by atoms with E-state index in [1.807, 2.05) is 6.07 Å². The zero-order valence-electron chi connectivity index (χ0n) is 19.7. The molecule has 0 spiro atoms. The quantitative estimate of drug-likeness (QED) is 0.190. The van der Waals surface area contributed by atoms with Gasteiger partial charge >= 0.3 is 6.18 Å². The molecule has 0 radical (unpaired) electrons. The number of hydrogen-bond donors (Lipinski definition) is 1. The van der Waals surface area contributed by atoms with E-state index in [1.54, 1.807) is 24.3 Å². The van der Waals surface area contributed by atoms with E-state index < -0.39 is 17.6 Å². The molecule has 1 N–H and O–H groups in total. The van der Waals surface area contributed by atoms with Crippen LogP contribution in [0.2, 0.25) is 0 Å². The molecule has 0 saturated heterocycles. The minimum Gasteiger partial charge on any atom is -0.493 e. The molecule has 0 aliphatic carbocycles. The summed E-state index contributed by atoms with van der Waals surface area (Å²) in [7, 11) is 1.51. The Balaban J connectivity index is 1.69. The molecule has 3 aromatic rings. The van der Waals surface area contributed by atoms with Gasteiger partial charge in [0.25, 0.3) is 5.91 Å². The van der Waals surface area contributed by atoms with E-state index in [4.69, 9.17) is 9.47 Å². The Morgan fingerprint density at radius 3 is 2.72 bits per heavy atom. The molecule has 1 heterocycles. The summed E-state index contributed by atoms with van der Waals surface area (Å²) in [5.74, 6) is 0.401. The summed E-state index contributed by atoms with van der Waals surface area (Å²) < 4.78 is 49.9. The van der Waals surface area contributed by atoms with Crippen molar-refractivity contribution in [3.05, 3.63) is 75.8 Å². The lowest BCUT2D eigenvalue weighted by molar-refractivity contribution is -0.137. The van der Waals surface area contributed by atoms with Gasteiger partial charge in [0.1, 0.15) is 11.6 Å². The van der Waals surface area contributed by atoms with Crippen molar-refractivity contribution in [3.8, 4) is 17.6 Å². The van der Waals surface area contributed by atoms with E-state index in [-0.39, 0.29) is 17.1 Å². The number of aromatic nitrogens is 1. The third-order valence-corrected chi connectivity index (χ3v) is 5.94. The van der Waals surface area contributed by atoms with Crippen LogP contribution in [0, 0.1) is 11.3 Å². The van der Waals surface area contributed by atoms with E-state index in [2.05, 4.69) is 17.2 Å². The Kier molecular flexibility index (Phi) is 9.08. The third kappa shape index (κ3) is 7.33. The van der Waals surface area contributed by atoms with Crippen LogP contribution < -0.4 is 14.8 Å². The maximum absolute atomic E-state index is 12.9. The molecular formula is C26H24F3N3O3S. The number of alkyl halides is 3. The Morgan fingerprint density at radius 2 is 2.03 bits per heavy atom. The summed E-state index contributed by atoms with van der Waals surface area (Å²) in [6.07, 6.45) is 0.612. The number of thiazole rings is 1. The first-order valence-corrected chi connectivity index (χ1v) is 11.9. The molecule has 0 atom stereocenters. The van der Waals surface area contributed by atoms with Crippen molar-refractivity contribution in [2.45, 2.75) is 32.4 Å². The van der Waals surface area contributed by atoms with Crippen molar-refractivity contribution in [1.29, 1.82) is 5.26 Å². The molecule has 3 rings (SSSR count). The van der Waals surface area contributed by atoms with E-state index >= 15 is 0 Å². The standard InChI is InChI=1S/C26H24F3N3O3S/c1-3-4-10-35-22-9-8-18(14-23(22)34-2)11-19(15-30)24(33)32-25-31-16-21(36-25)13-17-6-5-7-20(12-17)26(27,28)29/h5-9,11-12,14,16H,3-4,10,13H2,1-2H3,(H,31,32,33)/b19-11+. The van der Waals surface area contributed by atoms with Crippen LogP contribution in [0.15, 0.2) is 54.2 Å². The topological polar surface area (TPSA) is 84.2 Å². The number of unbranched alkanes of at least 4 members (excludes halogenated alkanes) is 1. The second-order valence-electron chi connectivity index (χ2n) is 7.74. The number of rotatable bonds is 10. The lowest BCUT2D eigenvalue weighted by Gasteiger charge is -2.11. The minimum atomic E-state index is -4.42. The van der Waals surface area contributed by atoms with Crippen LogP contribution in [-0.4, -0.2) is 24.6 Å². The highest BCUT2D eigenvalue weighted by Gasteiger charge is 2.30. The SMILES string of the molecule is CCCCOc1ccc(/C=C(\C#N)C(=O)Nc2ncc(Cc3cccc(C(F)(F)F)c3)s2)cc1OC. The number of hydrogen-bond acceptors (Lipinski definition) is 6. The monoisotopic (exact) mass is 515 g/mol. The predicted octanol–water partition coefficient (Wildman–Crippen LogP) is 6.49. The summed E-state index contributed by atoms with van der Waals surface area (Å²) >= 11 is 1.12. The van der Waals surface area contributed by atoms with Gasteiger partial charge in [-0.3, -0.25) is 10.1 Å². The zero-order chi connectivity index (χ0) is 26.1. The molecule has 0 bridgehead atoms. The molecule has 0 unspecified atom stereocenters. The molecule has 2 aromatic carbocycles. The van der Waals surface area contributed by atoms with Crippen LogP contribution >= 0.6 is 11.3 Å². The highest BCUT2D eigenvalue weighted by molar-refractivity contribution is 7.15. The highest BCUT2D eigenvalue weighted by atomic mass is 32.1. The van der Waals surface area contributed by atoms with Crippen molar-refractivity contribution < 1.29 is 27.4 Å². The summed E-state index contributed by atoms with van der Waals surface area (Å²) in [6, 6.07) is 12.0.